The van der Waals surface area contributed by atoms with Crippen LogP contribution in [0.3, 0.4) is 0 Å². The third-order valence-corrected chi connectivity index (χ3v) is 6.59. The molecule has 0 spiro atoms. The predicted octanol–water partition coefficient (Wildman–Crippen LogP) is 4.12. The minimum atomic E-state index is -0.00805. The Labute approximate surface area is 182 Å². The fourth-order valence-electron chi connectivity index (χ4n) is 4.04. The first-order valence-electron chi connectivity index (χ1n) is 9.86. The van der Waals surface area contributed by atoms with Gasteiger partial charge in [-0.1, -0.05) is 0 Å². The van der Waals surface area contributed by atoms with Gasteiger partial charge in [0, 0.05) is 30.7 Å². The van der Waals surface area contributed by atoms with Crippen LogP contribution in [0.1, 0.15) is 53.8 Å². The minimum Gasteiger partial charge on any atom is -0.442 e. The van der Waals surface area contributed by atoms with Crippen LogP contribution in [-0.2, 0) is 0 Å². The van der Waals surface area contributed by atoms with E-state index in [-0.39, 0.29) is 11.4 Å². The van der Waals surface area contributed by atoms with E-state index in [9.17, 15) is 4.79 Å². The van der Waals surface area contributed by atoms with E-state index in [4.69, 9.17) is 4.42 Å². The molecule has 2 aliphatic rings. The maximum atomic E-state index is 13.5. The number of fused-ring (bicyclic) bond motifs is 1. The van der Waals surface area contributed by atoms with Gasteiger partial charge in [-0.3, -0.25) is 9.78 Å². The summed E-state index contributed by atoms with van der Waals surface area (Å²) in [5.74, 6) is 1.60. The largest absolute Gasteiger partial charge is 0.442 e. The number of aryl methyl sites for hydroxylation is 1. The van der Waals surface area contributed by atoms with Gasteiger partial charge in [-0.15, -0.1) is 0 Å². The molecule has 1 N–H and O–H groups in total. The molecular formula is C21H22IN5O2. The molecule has 0 bridgehead atoms. The molecule has 2 fully saturated rings. The molecule has 4 heterocycles. The zero-order valence-electron chi connectivity index (χ0n) is 16.4. The lowest BCUT2D eigenvalue weighted by molar-refractivity contribution is 0.0790. The molecule has 1 unspecified atom stereocenters. The van der Waals surface area contributed by atoms with Gasteiger partial charge >= 0.3 is 0 Å². The Morgan fingerprint density at radius 2 is 2.17 bits per heavy atom. The Hall–Kier alpha value is -2.23. The van der Waals surface area contributed by atoms with E-state index in [2.05, 4.69) is 55.8 Å². The average molecular weight is 503 g/mol. The molecular weight excluding hydrogens is 481 g/mol. The van der Waals surface area contributed by atoms with Gasteiger partial charge in [0.05, 0.1) is 10.9 Å². The monoisotopic (exact) mass is 503 g/mol. The molecule has 1 atom stereocenters. The highest BCUT2D eigenvalue weighted by atomic mass is 127. The van der Waals surface area contributed by atoms with Crippen molar-refractivity contribution in [2.75, 3.05) is 18.4 Å². The number of furan rings is 1. The summed E-state index contributed by atoms with van der Waals surface area (Å²) in [5.41, 5.74) is 2.33. The number of pyridine rings is 1. The fourth-order valence-corrected chi connectivity index (χ4v) is 4.56. The van der Waals surface area contributed by atoms with Crippen LogP contribution in [0.2, 0.25) is 0 Å². The van der Waals surface area contributed by atoms with Crippen molar-refractivity contribution >= 4 is 45.4 Å². The summed E-state index contributed by atoms with van der Waals surface area (Å²) in [4.78, 5) is 28.4. The Morgan fingerprint density at radius 3 is 2.93 bits per heavy atom. The van der Waals surface area contributed by atoms with E-state index in [0.29, 0.717) is 40.7 Å². The second kappa shape index (κ2) is 6.93. The van der Waals surface area contributed by atoms with Gasteiger partial charge in [-0.25, -0.2) is 9.97 Å². The van der Waals surface area contributed by atoms with Crippen molar-refractivity contribution in [3.05, 3.63) is 45.2 Å². The van der Waals surface area contributed by atoms with Crippen LogP contribution in [0.15, 0.2) is 29.1 Å². The van der Waals surface area contributed by atoms with E-state index < -0.39 is 0 Å². The fraction of sp³-hybridized carbons (Fsp3) is 0.429. The number of hydrogen-bond donors (Lipinski definition) is 1. The molecule has 7 nitrogen and oxygen atoms in total. The topological polar surface area (TPSA) is 84.2 Å². The molecule has 8 heteroatoms. The number of halogens is 1. The molecule has 1 aliphatic heterocycles. The number of likely N-dealkylation sites (tertiary alicyclic amines) is 1. The second-order valence-electron chi connectivity index (χ2n) is 8.27. The Balaban J connectivity index is 1.46. The number of anilines is 1. The van der Waals surface area contributed by atoms with Gasteiger partial charge in [-0.2, -0.15) is 0 Å². The molecule has 3 aromatic heterocycles. The summed E-state index contributed by atoms with van der Waals surface area (Å²) >= 11 is 2.23. The van der Waals surface area contributed by atoms with Crippen LogP contribution in [0, 0.1) is 10.6 Å². The number of hydrogen-bond acceptors (Lipinski definition) is 6. The summed E-state index contributed by atoms with van der Waals surface area (Å²) in [7, 11) is 0. The zero-order valence-corrected chi connectivity index (χ0v) is 18.6. The van der Waals surface area contributed by atoms with Crippen molar-refractivity contribution in [2.24, 2.45) is 0 Å². The van der Waals surface area contributed by atoms with Crippen LogP contribution < -0.4 is 5.32 Å². The van der Waals surface area contributed by atoms with Crippen molar-refractivity contribution in [3.8, 4) is 0 Å². The van der Waals surface area contributed by atoms with Gasteiger partial charge in [0.1, 0.15) is 21.6 Å². The van der Waals surface area contributed by atoms with Crippen LogP contribution in [0.5, 0.6) is 0 Å². The zero-order chi connectivity index (χ0) is 20.2. The lowest BCUT2D eigenvalue weighted by atomic mass is 10.00. The number of aromatic nitrogens is 3. The first kappa shape index (κ1) is 18.8. The van der Waals surface area contributed by atoms with E-state index in [1.807, 2.05) is 24.1 Å². The maximum absolute atomic E-state index is 13.5. The molecule has 1 amide bonds. The van der Waals surface area contributed by atoms with Gasteiger partial charge in [-0.05, 0) is 73.4 Å². The van der Waals surface area contributed by atoms with Crippen molar-refractivity contribution in [2.45, 2.75) is 44.6 Å². The number of amides is 1. The van der Waals surface area contributed by atoms with E-state index in [0.717, 1.165) is 29.5 Å². The second-order valence-corrected chi connectivity index (χ2v) is 9.38. The molecule has 0 aromatic carbocycles. The Kier molecular flexibility index (Phi) is 4.49. The minimum absolute atomic E-state index is 0.00805. The highest BCUT2D eigenvalue weighted by Crippen LogP contribution is 2.40. The smallest absolute Gasteiger partial charge is 0.258 e. The van der Waals surface area contributed by atoms with Crippen LogP contribution >= 0.6 is 22.6 Å². The lowest BCUT2D eigenvalue weighted by Gasteiger charge is -2.18. The van der Waals surface area contributed by atoms with Crippen LogP contribution in [0.25, 0.3) is 11.1 Å². The number of rotatable bonds is 4. The summed E-state index contributed by atoms with van der Waals surface area (Å²) in [6, 6.07) is 4.15. The summed E-state index contributed by atoms with van der Waals surface area (Å²) in [6.07, 6.45) is 6.46. The number of carbonyl (C=O) groups is 1. The third-order valence-electron chi connectivity index (χ3n) is 6.00. The van der Waals surface area contributed by atoms with E-state index in [1.54, 1.807) is 0 Å². The number of nitrogens with zero attached hydrogens (tertiary/aromatic N) is 4. The van der Waals surface area contributed by atoms with Gasteiger partial charge in [0.15, 0.2) is 0 Å². The molecule has 1 saturated carbocycles. The summed E-state index contributed by atoms with van der Waals surface area (Å²) in [5, 5.41) is 4.18. The summed E-state index contributed by atoms with van der Waals surface area (Å²) in [6.45, 7) is 5.41. The Morgan fingerprint density at radius 1 is 1.34 bits per heavy atom. The van der Waals surface area contributed by atoms with Crippen molar-refractivity contribution in [1.29, 1.82) is 0 Å². The van der Waals surface area contributed by atoms with Crippen molar-refractivity contribution in [3.63, 3.8) is 0 Å². The molecule has 5 rings (SSSR count). The quantitative estimate of drug-likeness (QED) is 0.426. The number of nitrogens with one attached hydrogen (secondary N) is 1. The molecule has 150 valence electrons. The third kappa shape index (κ3) is 3.47. The van der Waals surface area contributed by atoms with Gasteiger partial charge in [0.25, 0.3) is 5.91 Å². The molecule has 3 aromatic rings. The normalized spacial score (nSPS) is 20.2. The first-order chi connectivity index (χ1) is 13.9. The molecule has 29 heavy (non-hydrogen) atoms. The van der Waals surface area contributed by atoms with Crippen molar-refractivity contribution < 1.29 is 9.21 Å². The SMILES string of the molecule is Cc1oc2ncnc(NC3(C)CC3)c2c1C(=O)N1CCC(c2ccnc(I)c2)C1. The Bertz CT molecular complexity index is 1110. The van der Waals surface area contributed by atoms with Gasteiger partial charge < -0.3 is 14.6 Å². The standard InChI is InChI=1S/C21H22IN5O2/c1-12-16(17-18(26-21(2)5-6-21)24-11-25-19(17)29-12)20(28)27-8-4-14(10-27)13-3-7-23-15(22)9-13/h3,7,9,11,14H,4-6,8,10H2,1-2H3,(H,24,25,26). The van der Waals surface area contributed by atoms with Crippen LogP contribution in [-0.4, -0.2) is 44.4 Å². The predicted molar refractivity (Wildman–Crippen MR) is 118 cm³/mol. The lowest BCUT2D eigenvalue weighted by Crippen LogP contribution is -2.29. The molecule has 1 aliphatic carbocycles. The maximum Gasteiger partial charge on any atom is 0.258 e. The molecule has 0 radical (unpaired) electrons. The van der Waals surface area contributed by atoms with Crippen molar-refractivity contribution in [1.82, 2.24) is 19.9 Å². The average Bonchev–Trinajstić information content (AvgIpc) is 3.10. The highest BCUT2D eigenvalue weighted by Gasteiger charge is 2.39. The first-order valence-corrected chi connectivity index (χ1v) is 10.9. The van der Waals surface area contributed by atoms with Crippen LogP contribution in [0.4, 0.5) is 5.82 Å². The van der Waals surface area contributed by atoms with Gasteiger partial charge in [0.2, 0.25) is 5.71 Å². The summed E-state index contributed by atoms with van der Waals surface area (Å²) < 4.78 is 6.81. The highest BCUT2D eigenvalue weighted by molar-refractivity contribution is 14.1. The van der Waals surface area contributed by atoms with E-state index >= 15 is 0 Å². The van der Waals surface area contributed by atoms with E-state index in [1.165, 1.54) is 11.9 Å². The molecule has 1 saturated heterocycles. The number of carbonyl (C=O) groups excluding carboxylic acids is 1.